The molecular weight excluding hydrogens is 484 g/mol. The van der Waals surface area contributed by atoms with E-state index in [1.54, 1.807) is 0 Å². The van der Waals surface area contributed by atoms with Crippen molar-refractivity contribution in [2.75, 3.05) is 11.9 Å². The van der Waals surface area contributed by atoms with E-state index in [4.69, 9.17) is 25.5 Å². The van der Waals surface area contributed by atoms with E-state index in [0.29, 0.717) is 5.92 Å². The Kier molecular flexibility index (Phi) is 5.42. The van der Waals surface area contributed by atoms with E-state index in [9.17, 15) is 0 Å². The molecule has 0 saturated heterocycles. The maximum absolute atomic E-state index is 5.00. The van der Waals surface area contributed by atoms with Gasteiger partial charge in [0.25, 0.3) is 0 Å². The van der Waals surface area contributed by atoms with Crippen LogP contribution in [0.15, 0.2) is 46.6 Å². The summed E-state index contributed by atoms with van der Waals surface area (Å²) in [4.78, 5) is 2.28. The average Bonchev–Trinajstić information content (AvgIpc) is 2.96. The number of hydrogen-bond donors (Lipinski definition) is 0. The number of likely N-dealkylation sites (N-methyl/N-ethyl adjacent to an activating group) is 1. The minimum absolute atomic E-state index is 0.370. The van der Waals surface area contributed by atoms with E-state index in [1.807, 2.05) is 6.07 Å². The van der Waals surface area contributed by atoms with Crippen molar-refractivity contribution >= 4 is 53.2 Å². The Morgan fingerprint density at radius 2 is 1.91 bits per heavy atom. The van der Waals surface area contributed by atoms with Gasteiger partial charge in [-0.15, -0.1) is 27.6 Å². The van der Waals surface area contributed by atoms with Crippen LogP contribution in [-0.4, -0.2) is 7.05 Å². The normalized spacial score (nSPS) is 17.0. The molecule has 1 heterocycles. The minimum atomic E-state index is -2.13. The van der Waals surface area contributed by atoms with Gasteiger partial charge in [0.1, 0.15) is 0 Å². The van der Waals surface area contributed by atoms with Gasteiger partial charge >= 0.3 is 43.7 Å². The van der Waals surface area contributed by atoms with Crippen LogP contribution in [0.5, 0.6) is 0 Å². The number of rotatable bonds is 0. The molecule has 2 aliphatic rings. The summed E-state index contributed by atoms with van der Waals surface area (Å²) in [6.07, 6.45) is 2.29. The topological polar surface area (TPSA) is 3.24 Å². The SMILES string of the molecule is CN1C2=Cc3ccccc3C2c2[c-]cc(Br)cc21.[Cl][Zr]([Cl])[Cl]. The second-order valence-electron chi connectivity index (χ2n) is 5.02. The van der Waals surface area contributed by atoms with Crippen LogP contribution in [0.1, 0.15) is 22.6 Å². The van der Waals surface area contributed by atoms with Crippen molar-refractivity contribution in [3.05, 3.63) is 69.3 Å². The van der Waals surface area contributed by atoms with Gasteiger partial charge in [0, 0.05) is 11.6 Å². The average molecular weight is 495 g/mol. The molecule has 2 aromatic rings. The molecule has 0 spiro atoms. The van der Waals surface area contributed by atoms with Crippen LogP contribution >= 0.6 is 41.5 Å². The Morgan fingerprint density at radius 3 is 2.64 bits per heavy atom. The third kappa shape index (κ3) is 3.21. The first-order chi connectivity index (χ1) is 10.5. The van der Waals surface area contributed by atoms with Gasteiger partial charge < -0.3 is 4.90 Å². The number of halogens is 4. The van der Waals surface area contributed by atoms with Crippen molar-refractivity contribution in [1.82, 2.24) is 0 Å². The fourth-order valence-electron chi connectivity index (χ4n) is 3.02. The van der Waals surface area contributed by atoms with E-state index >= 15 is 0 Å². The molecule has 22 heavy (non-hydrogen) atoms. The Bertz CT molecular complexity index is 745. The number of fused-ring (bicyclic) bond motifs is 5. The summed E-state index contributed by atoms with van der Waals surface area (Å²) >= 11 is 1.40. The van der Waals surface area contributed by atoms with E-state index < -0.39 is 18.2 Å². The molecule has 0 radical (unpaired) electrons. The Balaban J connectivity index is 0.000000325. The number of anilines is 1. The van der Waals surface area contributed by atoms with Crippen molar-refractivity contribution in [3.8, 4) is 0 Å². The second-order valence-corrected chi connectivity index (χ2v) is 17.1. The predicted molar refractivity (Wildman–Crippen MR) is 95.2 cm³/mol. The van der Waals surface area contributed by atoms with Crippen molar-refractivity contribution in [2.24, 2.45) is 0 Å². The van der Waals surface area contributed by atoms with Crippen LogP contribution in [0.25, 0.3) is 6.08 Å². The van der Waals surface area contributed by atoms with Crippen molar-refractivity contribution in [3.63, 3.8) is 0 Å². The van der Waals surface area contributed by atoms with Gasteiger partial charge in [-0.25, -0.2) is 0 Å². The van der Waals surface area contributed by atoms with Crippen molar-refractivity contribution < 1.29 is 18.2 Å². The number of benzene rings is 2. The monoisotopic (exact) mass is 491 g/mol. The fourth-order valence-corrected chi connectivity index (χ4v) is 3.35. The van der Waals surface area contributed by atoms with Gasteiger partial charge in [0.05, 0.1) is 0 Å². The second kappa shape index (κ2) is 6.99. The van der Waals surface area contributed by atoms with E-state index in [0.717, 1.165) is 4.47 Å². The summed E-state index contributed by atoms with van der Waals surface area (Å²) in [5.74, 6) is 0.370. The molecule has 6 heteroatoms. The first-order valence-corrected chi connectivity index (χ1v) is 16.9. The summed E-state index contributed by atoms with van der Waals surface area (Å²) in [5, 5.41) is 0. The summed E-state index contributed by atoms with van der Waals surface area (Å²) < 4.78 is 1.09. The first-order valence-electron chi connectivity index (χ1n) is 6.58. The summed E-state index contributed by atoms with van der Waals surface area (Å²) in [5.41, 5.74) is 6.65. The molecule has 1 unspecified atom stereocenters. The standard InChI is InChI=1S/C16H11BrN.3ClH.Zr/c1-18-14-9-11(17)6-7-13(14)16-12-5-3-2-4-10(12)8-15(16)18;;;;/h2-6,8-9,16H,1H3;3*1H;/q-1;;;;+3/p-3. The van der Waals surface area contributed by atoms with Gasteiger partial charge in [-0.3, -0.25) is 0 Å². The molecule has 2 aromatic carbocycles. The number of hydrogen-bond acceptors (Lipinski definition) is 1. The Hall–Kier alpha value is 0.213. The van der Waals surface area contributed by atoms with Crippen LogP contribution in [0.4, 0.5) is 5.69 Å². The predicted octanol–water partition coefficient (Wildman–Crippen LogP) is 6.25. The molecule has 0 bridgehead atoms. The third-order valence-corrected chi connectivity index (χ3v) is 4.32. The molecule has 1 aliphatic carbocycles. The van der Waals surface area contributed by atoms with Gasteiger partial charge in [0.2, 0.25) is 0 Å². The molecule has 1 nitrogen and oxygen atoms in total. The zero-order valence-electron chi connectivity index (χ0n) is 11.6. The third-order valence-electron chi connectivity index (χ3n) is 3.86. The fraction of sp³-hybridized carbons (Fsp3) is 0.125. The molecule has 1 atom stereocenters. The molecule has 1 aliphatic heterocycles. The van der Waals surface area contributed by atoms with Gasteiger partial charge in [0.15, 0.2) is 0 Å². The van der Waals surface area contributed by atoms with E-state index in [2.05, 4.69) is 70.4 Å². The summed E-state index contributed by atoms with van der Waals surface area (Å²) in [7, 11) is 17.1. The van der Waals surface area contributed by atoms with Crippen LogP contribution in [0.3, 0.4) is 0 Å². The van der Waals surface area contributed by atoms with Gasteiger partial charge in [-0.2, -0.15) is 12.1 Å². The first kappa shape index (κ1) is 17.0. The van der Waals surface area contributed by atoms with E-state index in [1.165, 1.54) is 28.1 Å². The van der Waals surface area contributed by atoms with Gasteiger partial charge in [-0.1, -0.05) is 34.4 Å². The molecule has 0 amide bonds. The number of nitrogens with zero attached hydrogens (tertiary/aromatic N) is 1. The van der Waals surface area contributed by atoms with Crippen LogP contribution in [0.2, 0.25) is 0 Å². The van der Waals surface area contributed by atoms with Crippen molar-refractivity contribution in [1.29, 1.82) is 0 Å². The van der Waals surface area contributed by atoms with Gasteiger partial charge in [-0.05, 0) is 24.3 Å². The maximum atomic E-state index is 5.00. The van der Waals surface area contributed by atoms with Crippen molar-refractivity contribution in [2.45, 2.75) is 5.92 Å². The molecule has 4 rings (SSSR count). The van der Waals surface area contributed by atoms with E-state index in [-0.39, 0.29) is 0 Å². The summed E-state index contributed by atoms with van der Waals surface area (Å²) in [6.45, 7) is 0. The number of allylic oxidation sites excluding steroid dienone is 1. The zero-order valence-corrected chi connectivity index (χ0v) is 17.9. The molecule has 0 aromatic heterocycles. The molecular formula is C16H11BrCl3NZr-. The molecule has 113 valence electrons. The Labute approximate surface area is 157 Å². The Morgan fingerprint density at radius 1 is 1.23 bits per heavy atom. The van der Waals surface area contributed by atoms with Crippen LogP contribution < -0.4 is 4.90 Å². The van der Waals surface area contributed by atoms with Crippen LogP contribution in [-0.2, 0) is 18.2 Å². The zero-order chi connectivity index (χ0) is 15.9. The quantitative estimate of drug-likeness (QED) is 0.391. The molecule has 0 saturated carbocycles. The summed E-state index contributed by atoms with van der Waals surface area (Å²) in [6, 6.07) is 16.2. The molecule has 0 N–H and O–H groups in total. The van der Waals surface area contributed by atoms with Crippen LogP contribution in [0, 0.1) is 6.07 Å². The molecule has 0 fully saturated rings.